The van der Waals surface area contributed by atoms with Crippen LogP contribution in [0.25, 0.3) is 0 Å². The largest absolute Gasteiger partial charge is 0.313 e. The lowest BCUT2D eigenvalue weighted by Crippen LogP contribution is -2.33. The van der Waals surface area contributed by atoms with Gasteiger partial charge < -0.3 is 10.2 Å². The number of hydrogen-bond acceptors (Lipinski definition) is 2. The van der Waals surface area contributed by atoms with Crippen molar-refractivity contribution in [3.05, 3.63) is 12.2 Å². The minimum atomic E-state index is 0.586. The Labute approximate surface area is 76.6 Å². The molecule has 12 heavy (non-hydrogen) atoms. The molecule has 1 N–H and O–H groups in total. The monoisotopic (exact) mass is 170 g/mol. The zero-order chi connectivity index (χ0) is 9.56. The van der Waals surface area contributed by atoms with Gasteiger partial charge in [-0.3, -0.25) is 0 Å². The topological polar surface area (TPSA) is 15.3 Å². The Morgan fingerprint density at radius 2 is 2.08 bits per heavy atom. The maximum Gasteiger partial charge on any atom is 0.0184 e. The summed E-state index contributed by atoms with van der Waals surface area (Å²) in [5.41, 5.74) is 1.22. The molecule has 0 aromatic heterocycles. The summed E-state index contributed by atoms with van der Waals surface area (Å²) in [6.07, 6.45) is 0. The van der Waals surface area contributed by atoms with Gasteiger partial charge in [0.2, 0.25) is 0 Å². The molecule has 0 aliphatic heterocycles. The maximum atomic E-state index is 3.88. The number of rotatable bonds is 6. The first-order valence-electron chi connectivity index (χ1n) is 4.58. The first-order valence-corrected chi connectivity index (χ1v) is 4.58. The van der Waals surface area contributed by atoms with Crippen LogP contribution in [0.2, 0.25) is 0 Å². The van der Waals surface area contributed by atoms with Crippen LogP contribution in [-0.2, 0) is 0 Å². The van der Waals surface area contributed by atoms with Gasteiger partial charge in [-0.2, -0.15) is 0 Å². The fraction of sp³-hybridized carbons (Fsp3) is 0.800. The molecular weight excluding hydrogens is 148 g/mol. The summed E-state index contributed by atoms with van der Waals surface area (Å²) in [4.78, 5) is 2.28. The normalized spacial score (nSPS) is 11.2. The zero-order valence-corrected chi connectivity index (χ0v) is 8.85. The van der Waals surface area contributed by atoms with Crippen LogP contribution >= 0.6 is 0 Å². The molecule has 0 atom stereocenters. The molecule has 0 heterocycles. The predicted molar refractivity (Wildman–Crippen MR) is 55.4 cm³/mol. The van der Waals surface area contributed by atoms with Crippen molar-refractivity contribution in [2.45, 2.75) is 26.8 Å². The number of hydrogen-bond donors (Lipinski definition) is 1. The number of nitrogens with one attached hydrogen (secondary N) is 1. The van der Waals surface area contributed by atoms with Gasteiger partial charge in [0.25, 0.3) is 0 Å². The van der Waals surface area contributed by atoms with Gasteiger partial charge in [-0.15, -0.1) is 0 Å². The number of likely N-dealkylation sites (N-methyl/N-ethyl adjacent to an activating group) is 1. The van der Waals surface area contributed by atoms with Gasteiger partial charge in [0.15, 0.2) is 0 Å². The average Bonchev–Trinajstić information content (AvgIpc) is 1.84. The Hall–Kier alpha value is -0.340. The van der Waals surface area contributed by atoms with Gasteiger partial charge in [0, 0.05) is 25.7 Å². The second kappa shape index (κ2) is 6.21. The summed E-state index contributed by atoms with van der Waals surface area (Å²) in [6, 6.07) is 0.586. The molecule has 2 heteroatoms. The van der Waals surface area contributed by atoms with Gasteiger partial charge in [-0.05, 0) is 14.0 Å². The van der Waals surface area contributed by atoms with Crippen LogP contribution in [-0.4, -0.2) is 37.6 Å². The molecule has 0 aliphatic rings. The first-order chi connectivity index (χ1) is 5.52. The van der Waals surface area contributed by atoms with Crippen LogP contribution in [0.5, 0.6) is 0 Å². The van der Waals surface area contributed by atoms with E-state index in [4.69, 9.17) is 0 Å². The molecule has 0 aromatic carbocycles. The third kappa shape index (κ3) is 7.76. The lowest BCUT2D eigenvalue weighted by atomic mass is 10.3. The first kappa shape index (κ1) is 11.7. The van der Waals surface area contributed by atoms with Crippen molar-refractivity contribution >= 4 is 0 Å². The SMILES string of the molecule is C=C(C)CN(C)CCNC(C)C. The molecule has 0 spiro atoms. The fourth-order valence-corrected chi connectivity index (χ4v) is 1.08. The van der Waals surface area contributed by atoms with Crippen molar-refractivity contribution in [2.75, 3.05) is 26.7 Å². The van der Waals surface area contributed by atoms with Crippen molar-refractivity contribution in [1.82, 2.24) is 10.2 Å². The predicted octanol–water partition coefficient (Wildman–Crippen LogP) is 1.49. The van der Waals surface area contributed by atoms with Crippen molar-refractivity contribution in [3.63, 3.8) is 0 Å². The Morgan fingerprint density at radius 3 is 2.50 bits per heavy atom. The Balaban J connectivity index is 3.31. The molecule has 0 aliphatic carbocycles. The van der Waals surface area contributed by atoms with Crippen molar-refractivity contribution in [1.29, 1.82) is 0 Å². The average molecular weight is 170 g/mol. The maximum absolute atomic E-state index is 3.88. The van der Waals surface area contributed by atoms with Crippen molar-refractivity contribution < 1.29 is 0 Å². The lowest BCUT2D eigenvalue weighted by molar-refractivity contribution is 0.352. The molecular formula is C10H22N2. The van der Waals surface area contributed by atoms with Gasteiger partial charge >= 0.3 is 0 Å². The second-order valence-electron chi connectivity index (χ2n) is 3.80. The molecule has 0 saturated heterocycles. The van der Waals surface area contributed by atoms with E-state index in [1.165, 1.54) is 5.57 Å². The number of nitrogens with zero attached hydrogens (tertiary/aromatic N) is 1. The van der Waals surface area contributed by atoms with Crippen LogP contribution in [0.4, 0.5) is 0 Å². The summed E-state index contributed by atoms with van der Waals surface area (Å²) in [5, 5.41) is 3.38. The van der Waals surface area contributed by atoms with E-state index in [0.29, 0.717) is 6.04 Å². The molecule has 0 aromatic rings. The highest BCUT2D eigenvalue weighted by Gasteiger charge is 1.97. The van der Waals surface area contributed by atoms with Crippen molar-refractivity contribution in [2.24, 2.45) is 0 Å². The quantitative estimate of drug-likeness (QED) is 0.608. The second-order valence-corrected chi connectivity index (χ2v) is 3.80. The van der Waals surface area contributed by atoms with Gasteiger partial charge in [0.1, 0.15) is 0 Å². The van der Waals surface area contributed by atoms with E-state index in [2.05, 4.69) is 44.6 Å². The Morgan fingerprint density at radius 1 is 1.50 bits per heavy atom. The molecule has 0 rings (SSSR count). The van der Waals surface area contributed by atoms with Crippen LogP contribution in [0.3, 0.4) is 0 Å². The fourth-order valence-electron chi connectivity index (χ4n) is 1.08. The van der Waals surface area contributed by atoms with Crippen molar-refractivity contribution in [3.8, 4) is 0 Å². The molecule has 0 amide bonds. The molecule has 0 radical (unpaired) electrons. The lowest BCUT2D eigenvalue weighted by Gasteiger charge is -2.17. The van der Waals surface area contributed by atoms with E-state index in [1.54, 1.807) is 0 Å². The molecule has 2 nitrogen and oxygen atoms in total. The summed E-state index contributed by atoms with van der Waals surface area (Å²) < 4.78 is 0. The van der Waals surface area contributed by atoms with E-state index in [1.807, 2.05) is 0 Å². The van der Waals surface area contributed by atoms with E-state index in [9.17, 15) is 0 Å². The Bertz CT molecular complexity index is 130. The zero-order valence-electron chi connectivity index (χ0n) is 8.85. The van der Waals surface area contributed by atoms with Crippen LogP contribution in [0, 0.1) is 0 Å². The summed E-state index contributed by atoms with van der Waals surface area (Å²) in [5.74, 6) is 0. The molecule has 0 fully saturated rings. The summed E-state index contributed by atoms with van der Waals surface area (Å²) in [6.45, 7) is 13.4. The van der Waals surface area contributed by atoms with Gasteiger partial charge in [-0.1, -0.05) is 26.0 Å². The van der Waals surface area contributed by atoms with Crippen LogP contribution < -0.4 is 5.32 Å². The van der Waals surface area contributed by atoms with E-state index < -0.39 is 0 Å². The van der Waals surface area contributed by atoms with Gasteiger partial charge in [0.05, 0.1) is 0 Å². The highest BCUT2D eigenvalue weighted by molar-refractivity contribution is 4.90. The molecule has 72 valence electrons. The van der Waals surface area contributed by atoms with Crippen LogP contribution in [0.15, 0.2) is 12.2 Å². The molecule has 0 bridgehead atoms. The minimum Gasteiger partial charge on any atom is -0.313 e. The molecule has 0 saturated carbocycles. The highest BCUT2D eigenvalue weighted by Crippen LogP contribution is 1.90. The standard InChI is InChI=1S/C10H22N2/c1-9(2)8-12(5)7-6-11-10(3)4/h10-11H,1,6-8H2,2-5H3. The van der Waals surface area contributed by atoms with E-state index in [-0.39, 0.29) is 0 Å². The van der Waals surface area contributed by atoms with E-state index >= 15 is 0 Å². The smallest absolute Gasteiger partial charge is 0.0184 e. The van der Waals surface area contributed by atoms with Gasteiger partial charge in [-0.25, -0.2) is 0 Å². The minimum absolute atomic E-state index is 0.586. The third-order valence-electron chi connectivity index (χ3n) is 1.59. The van der Waals surface area contributed by atoms with Crippen LogP contribution in [0.1, 0.15) is 20.8 Å². The molecule has 0 unspecified atom stereocenters. The Kier molecular flexibility index (Phi) is 6.03. The summed E-state index contributed by atoms with van der Waals surface area (Å²) >= 11 is 0. The van der Waals surface area contributed by atoms with E-state index in [0.717, 1.165) is 19.6 Å². The highest BCUT2D eigenvalue weighted by atomic mass is 15.1. The summed E-state index contributed by atoms with van der Waals surface area (Å²) in [7, 11) is 2.12. The third-order valence-corrected chi connectivity index (χ3v) is 1.59.